The third-order valence-electron chi connectivity index (χ3n) is 5.97. The van der Waals surface area contributed by atoms with Crippen LogP contribution in [-0.4, -0.2) is 34.1 Å². The van der Waals surface area contributed by atoms with Crippen molar-refractivity contribution in [2.75, 3.05) is 18.5 Å². The predicted octanol–water partition coefficient (Wildman–Crippen LogP) is 5.23. The number of carbonyl (C=O) groups excluding carboxylic acids is 1. The highest BCUT2D eigenvalue weighted by Gasteiger charge is 2.14. The first-order valence-corrected chi connectivity index (χ1v) is 11.5. The fourth-order valence-electron chi connectivity index (χ4n) is 4.18. The SMILES string of the molecule is N#Cc1cncc(-c2cccc(-c3ccc(C(=O)NCCO)cc3)c2)c1Nc1cccc2[nH]ccc12. The number of anilines is 2. The third-order valence-corrected chi connectivity index (χ3v) is 5.97. The molecule has 176 valence electrons. The highest BCUT2D eigenvalue weighted by Crippen LogP contribution is 2.36. The highest BCUT2D eigenvalue weighted by molar-refractivity contribution is 5.97. The van der Waals surface area contributed by atoms with Crippen LogP contribution in [0.2, 0.25) is 0 Å². The number of amides is 1. The van der Waals surface area contributed by atoms with E-state index in [1.165, 1.54) is 0 Å². The quantitative estimate of drug-likeness (QED) is 0.258. The Morgan fingerprint density at radius 3 is 2.58 bits per heavy atom. The van der Waals surface area contributed by atoms with Gasteiger partial charge in [0.25, 0.3) is 5.91 Å². The molecule has 0 unspecified atom stereocenters. The Kier molecular flexibility index (Phi) is 6.43. The number of hydrogen-bond donors (Lipinski definition) is 4. The highest BCUT2D eigenvalue weighted by atomic mass is 16.3. The van der Waals surface area contributed by atoms with Gasteiger partial charge in [0.2, 0.25) is 0 Å². The Labute approximate surface area is 208 Å². The molecule has 7 nitrogen and oxygen atoms in total. The van der Waals surface area contributed by atoms with Crippen molar-refractivity contribution in [1.29, 1.82) is 5.26 Å². The second-order valence-electron chi connectivity index (χ2n) is 8.23. The zero-order valence-corrected chi connectivity index (χ0v) is 19.3. The van der Waals surface area contributed by atoms with Crippen molar-refractivity contribution in [1.82, 2.24) is 15.3 Å². The van der Waals surface area contributed by atoms with E-state index in [9.17, 15) is 10.1 Å². The molecule has 7 heteroatoms. The lowest BCUT2D eigenvalue weighted by Crippen LogP contribution is -2.26. The fraction of sp³-hybridized carbons (Fsp3) is 0.0690. The molecule has 36 heavy (non-hydrogen) atoms. The number of nitrogens with one attached hydrogen (secondary N) is 3. The first kappa shape index (κ1) is 22.8. The van der Waals surface area contributed by atoms with E-state index in [0.29, 0.717) is 16.8 Å². The van der Waals surface area contributed by atoms with E-state index in [4.69, 9.17) is 5.11 Å². The van der Waals surface area contributed by atoms with Gasteiger partial charge in [-0.2, -0.15) is 5.26 Å². The summed E-state index contributed by atoms with van der Waals surface area (Å²) in [5, 5.41) is 25.9. The van der Waals surface area contributed by atoms with Gasteiger partial charge in [-0.25, -0.2) is 0 Å². The number of H-pyrrole nitrogens is 1. The van der Waals surface area contributed by atoms with Gasteiger partial charge in [-0.1, -0.05) is 36.4 Å². The Morgan fingerprint density at radius 1 is 0.972 bits per heavy atom. The van der Waals surface area contributed by atoms with Crippen LogP contribution >= 0.6 is 0 Å². The molecule has 1 amide bonds. The molecular weight excluding hydrogens is 450 g/mol. The number of rotatable bonds is 7. The predicted molar refractivity (Wildman–Crippen MR) is 141 cm³/mol. The van der Waals surface area contributed by atoms with Crippen LogP contribution in [-0.2, 0) is 0 Å². The zero-order chi connectivity index (χ0) is 24.9. The molecule has 0 saturated carbocycles. The number of aliphatic hydroxyl groups is 1. The number of nitriles is 1. The molecule has 0 fully saturated rings. The number of pyridine rings is 1. The Hall–Kier alpha value is -4.93. The Morgan fingerprint density at radius 2 is 1.78 bits per heavy atom. The van der Waals surface area contributed by atoms with Gasteiger partial charge < -0.3 is 20.7 Å². The maximum absolute atomic E-state index is 12.1. The lowest BCUT2D eigenvalue weighted by molar-refractivity contribution is 0.0945. The van der Waals surface area contributed by atoms with E-state index < -0.39 is 0 Å². The molecule has 5 aromatic rings. The Bertz CT molecular complexity index is 1580. The smallest absolute Gasteiger partial charge is 0.251 e. The van der Waals surface area contributed by atoms with Crippen LogP contribution in [0.25, 0.3) is 33.2 Å². The summed E-state index contributed by atoms with van der Waals surface area (Å²) in [6, 6.07) is 25.5. The fourth-order valence-corrected chi connectivity index (χ4v) is 4.18. The summed E-state index contributed by atoms with van der Waals surface area (Å²) in [5.41, 5.74) is 7.20. The summed E-state index contributed by atoms with van der Waals surface area (Å²) in [6.45, 7) is 0.114. The maximum atomic E-state index is 12.1. The van der Waals surface area contributed by atoms with Crippen LogP contribution in [0.3, 0.4) is 0 Å². The average molecular weight is 474 g/mol. The second kappa shape index (κ2) is 10.1. The molecule has 2 aromatic heterocycles. The van der Waals surface area contributed by atoms with Crippen molar-refractivity contribution in [2.24, 2.45) is 0 Å². The number of aromatic nitrogens is 2. The molecular formula is C29H23N5O2. The van der Waals surface area contributed by atoms with Crippen molar-refractivity contribution in [2.45, 2.75) is 0 Å². The van der Waals surface area contributed by atoms with Crippen molar-refractivity contribution >= 4 is 28.2 Å². The van der Waals surface area contributed by atoms with Crippen LogP contribution in [0.15, 0.2) is 91.4 Å². The van der Waals surface area contributed by atoms with Gasteiger partial charge in [0.1, 0.15) is 6.07 Å². The van der Waals surface area contributed by atoms with Crippen LogP contribution in [0.1, 0.15) is 15.9 Å². The monoisotopic (exact) mass is 473 g/mol. The first-order chi connectivity index (χ1) is 17.7. The van der Waals surface area contributed by atoms with Gasteiger partial charge in [-0.15, -0.1) is 0 Å². The molecule has 3 aromatic carbocycles. The molecule has 5 rings (SSSR count). The molecule has 0 aliphatic heterocycles. The van der Waals surface area contributed by atoms with Gasteiger partial charge in [0.05, 0.1) is 17.9 Å². The van der Waals surface area contributed by atoms with Gasteiger partial charge in [0.15, 0.2) is 0 Å². The number of fused-ring (bicyclic) bond motifs is 1. The van der Waals surface area contributed by atoms with Crippen molar-refractivity contribution < 1.29 is 9.90 Å². The van der Waals surface area contributed by atoms with Crippen LogP contribution in [0, 0.1) is 11.3 Å². The van der Waals surface area contributed by atoms with Gasteiger partial charge in [-0.3, -0.25) is 9.78 Å². The van der Waals surface area contributed by atoms with E-state index in [0.717, 1.165) is 38.8 Å². The first-order valence-electron chi connectivity index (χ1n) is 11.5. The van der Waals surface area contributed by atoms with E-state index in [-0.39, 0.29) is 19.1 Å². The van der Waals surface area contributed by atoms with Crippen molar-refractivity contribution in [3.05, 3.63) is 103 Å². The molecule has 4 N–H and O–H groups in total. The van der Waals surface area contributed by atoms with E-state index in [2.05, 4.69) is 26.7 Å². The van der Waals surface area contributed by atoms with Gasteiger partial charge >= 0.3 is 0 Å². The average Bonchev–Trinajstić information content (AvgIpc) is 3.42. The lowest BCUT2D eigenvalue weighted by Gasteiger charge is -2.15. The third kappa shape index (κ3) is 4.53. The molecule has 0 saturated heterocycles. The van der Waals surface area contributed by atoms with Crippen LogP contribution in [0.5, 0.6) is 0 Å². The van der Waals surface area contributed by atoms with Gasteiger partial charge in [-0.05, 0) is 53.1 Å². The summed E-state index contributed by atoms with van der Waals surface area (Å²) >= 11 is 0. The summed E-state index contributed by atoms with van der Waals surface area (Å²) in [7, 11) is 0. The lowest BCUT2D eigenvalue weighted by atomic mass is 9.97. The molecule has 0 spiro atoms. The molecule has 2 heterocycles. The molecule has 0 atom stereocenters. The number of benzene rings is 3. The Balaban J connectivity index is 1.51. The topological polar surface area (TPSA) is 114 Å². The number of aliphatic hydroxyl groups excluding tert-OH is 1. The summed E-state index contributed by atoms with van der Waals surface area (Å²) in [5.74, 6) is -0.225. The van der Waals surface area contributed by atoms with Crippen molar-refractivity contribution in [3.63, 3.8) is 0 Å². The standard InChI is InChI=1S/C29H23N5O2/c30-16-23-17-31-18-25(28(23)34-27-6-2-5-26-24(27)11-12-32-26)22-4-1-3-21(15-22)19-7-9-20(10-8-19)29(36)33-13-14-35/h1-12,15,17-18,32,35H,13-14H2,(H,31,34)(H,33,36). The van der Waals surface area contributed by atoms with E-state index >= 15 is 0 Å². The second-order valence-corrected chi connectivity index (χ2v) is 8.23. The number of carbonyl (C=O) groups is 1. The minimum absolute atomic E-state index is 0.102. The van der Waals surface area contributed by atoms with Crippen molar-refractivity contribution in [3.8, 4) is 28.3 Å². The molecule has 0 bridgehead atoms. The summed E-state index contributed by atoms with van der Waals surface area (Å²) < 4.78 is 0. The minimum Gasteiger partial charge on any atom is -0.395 e. The number of nitrogens with zero attached hydrogens (tertiary/aromatic N) is 2. The largest absolute Gasteiger partial charge is 0.395 e. The van der Waals surface area contributed by atoms with E-state index in [1.807, 2.05) is 66.9 Å². The molecule has 0 aliphatic carbocycles. The maximum Gasteiger partial charge on any atom is 0.251 e. The number of aromatic amines is 1. The summed E-state index contributed by atoms with van der Waals surface area (Å²) in [6.07, 6.45) is 5.21. The van der Waals surface area contributed by atoms with Crippen LogP contribution < -0.4 is 10.6 Å². The zero-order valence-electron chi connectivity index (χ0n) is 19.3. The van der Waals surface area contributed by atoms with Gasteiger partial charge in [0, 0.05) is 52.9 Å². The summed E-state index contributed by atoms with van der Waals surface area (Å²) in [4.78, 5) is 19.7. The van der Waals surface area contributed by atoms with E-state index in [1.54, 1.807) is 24.5 Å². The molecule has 0 aliphatic rings. The molecule has 0 radical (unpaired) electrons. The number of hydrogen-bond acceptors (Lipinski definition) is 5. The van der Waals surface area contributed by atoms with Crippen LogP contribution in [0.4, 0.5) is 11.4 Å². The minimum atomic E-state index is -0.225. The normalized spacial score (nSPS) is 10.7.